The monoisotopic (exact) mass is 469 g/mol. The van der Waals surface area contributed by atoms with Crippen LogP contribution in [0.1, 0.15) is 6.42 Å². The number of hydrogen-bond acceptors (Lipinski definition) is 7. The zero-order valence-corrected chi connectivity index (χ0v) is 18.3. The van der Waals surface area contributed by atoms with Crippen LogP contribution in [0.3, 0.4) is 0 Å². The van der Waals surface area contributed by atoms with Crippen molar-refractivity contribution >= 4 is 34.2 Å². The molecule has 2 fully saturated rings. The van der Waals surface area contributed by atoms with Gasteiger partial charge in [0.2, 0.25) is 5.91 Å². The highest BCUT2D eigenvalue weighted by Gasteiger charge is 2.38. The van der Waals surface area contributed by atoms with Gasteiger partial charge in [0.05, 0.1) is 40.2 Å². The zero-order chi connectivity index (χ0) is 22.7. The molecular weight excluding hydrogens is 449 g/mol. The SMILES string of the molecule is O=C([C@@H]1CN1)N1CCN2c3ncnc4cc(-c5c(O)cccc5F)c(Cl)c(c34)OCC[C@@H]2C1. The maximum atomic E-state index is 14.6. The average Bonchev–Trinajstić information content (AvgIpc) is 3.64. The van der Waals surface area contributed by atoms with Crippen LogP contribution in [-0.4, -0.2) is 70.8 Å². The second kappa shape index (κ2) is 7.71. The smallest absolute Gasteiger partial charge is 0.241 e. The van der Waals surface area contributed by atoms with E-state index in [1.165, 1.54) is 24.5 Å². The quantitative estimate of drug-likeness (QED) is 0.556. The normalized spacial score (nSPS) is 21.8. The molecule has 0 radical (unpaired) electrons. The van der Waals surface area contributed by atoms with Crippen LogP contribution in [0.25, 0.3) is 22.0 Å². The molecule has 0 aliphatic carbocycles. The Morgan fingerprint density at radius 2 is 2.15 bits per heavy atom. The molecule has 0 spiro atoms. The largest absolute Gasteiger partial charge is 0.507 e. The van der Waals surface area contributed by atoms with E-state index in [4.69, 9.17) is 16.3 Å². The standard InChI is InChI=1S/C23H21ClFN5O3/c24-20-13(18-14(25)2-1-3-17(18)31)8-15-19-21(20)33-7-4-12-10-29(23(32)16-9-26-16)5-6-30(12)22(19)28-11-27-15/h1-3,8,11-12,16,26,31H,4-7,9-10H2/t12-,16+/m1/s1. The topological polar surface area (TPSA) is 101 Å². The van der Waals surface area contributed by atoms with Crippen LogP contribution in [0.5, 0.6) is 11.5 Å². The number of aromatic nitrogens is 2. The third kappa shape index (κ3) is 3.34. The third-order valence-electron chi connectivity index (χ3n) is 6.53. The number of halogens is 2. The number of benzene rings is 2. The summed E-state index contributed by atoms with van der Waals surface area (Å²) < 4.78 is 20.8. The fourth-order valence-corrected chi connectivity index (χ4v) is 5.09. The van der Waals surface area contributed by atoms with Crippen molar-refractivity contribution in [2.75, 3.05) is 37.7 Å². The van der Waals surface area contributed by atoms with Gasteiger partial charge in [-0.25, -0.2) is 14.4 Å². The Balaban J connectivity index is 1.46. The lowest BCUT2D eigenvalue weighted by Crippen LogP contribution is -2.56. The van der Waals surface area contributed by atoms with E-state index in [2.05, 4.69) is 20.2 Å². The molecule has 0 unspecified atom stereocenters. The molecule has 0 saturated carbocycles. The Hall–Kier alpha value is -3.17. The summed E-state index contributed by atoms with van der Waals surface area (Å²) >= 11 is 6.74. The summed E-state index contributed by atoms with van der Waals surface area (Å²) in [5.41, 5.74) is 0.854. The molecule has 1 amide bonds. The molecule has 8 nitrogen and oxygen atoms in total. The molecule has 2 atom stereocenters. The van der Waals surface area contributed by atoms with Gasteiger partial charge in [-0.3, -0.25) is 4.79 Å². The minimum atomic E-state index is -0.588. The number of carbonyl (C=O) groups excluding carboxylic acids is 1. The van der Waals surface area contributed by atoms with E-state index in [1.807, 2.05) is 4.90 Å². The fraction of sp³-hybridized carbons (Fsp3) is 0.348. The summed E-state index contributed by atoms with van der Waals surface area (Å²) in [6, 6.07) is 5.76. The molecule has 2 saturated heterocycles. The van der Waals surface area contributed by atoms with E-state index in [0.717, 1.165) is 6.54 Å². The van der Waals surface area contributed by atoms with Gasteiger partial charge in [0.15, 0.2) is 5.75 Å². The summed E-state index contributed by atoms with van der Waals surface area (Å²) in [4.78, 5) is 25.6. The average molecular weight is 470 g/mol. The van der Waals surface area contributed by atoms with E-state index in [1.54, 1.807) is 6.07 Å². The molecule has 0 bridgehead atoms. The lowest BCUT2D eigenvalue weighted by molar-refractivity contribution is -0.131. The minimum absolute atomic E-state index is 0.00478. The lowest BCUT2D eigenvalue weighted by Gasteiger charge is -2.43. The van der Waals surface area contributed by atoms with Crippen LogP contribution < -0.4 is 15.0 Å². The van der Waals surface area contributed by atoms with Crippen molar-refractivity contribution in [1.82, 2.24) is 20.2 Å². The molecule has 3 aliphatic rings. The van der Waals surface area contributed by atoms with Crippen LogP contribution in [0, 0.1) is 5.82 Å². The van der Waals surface area contributed by atoms with Crippen LogP contribution in [-0.2, 0) is 4.79 Å². The maximum absolute atomic E-state index is 14.6. The van der Waals surface area contributed by atoms with Gasteiger partial charge in [0, 0.05) is 38.2 Å². The predicted molar refractivity (Wildman–Crippen MR) is 121 cm³/mol. The third-order valence-corrected chi connectivity index (χ3v) is 6.91. The molecule has 10 heteroatoms. The molecule has 3 aliphatic heterocycles. The highest BCUT2D eigenvalue weighted by molar-refractivity contribution is 6.36. The number of anilines is 1. The Bertz CT molecular complexity index is 1260. The summed E-state index contributed by atoms with van der Waals surface area (Å²) in [5.74, 6) is 0.400. The zero-order valence-electron chi connectivity index (χ0n) is 17.6. The minimum Gasteiger partial charge on any atom is -0.507 e. The van der Waals surface area contributed by atoms with Gasteiger partial charge in [-0.05, 0) is 18.2 Å². The van der Waals surface area contributed by atoms with Gasteiger partial charge >= 0.3 is 0 Å². The Kier molecular flexibility index (Phi) is 4.77. The molecule has 6 rings (SSSR count). The van der Waals surface area contributed by atoms with Crippen LogP contribution >= 0.6 is 11.6 Å². The number of aromatic hydroxyl groups is 1. The predicted octanol–water partition coefficient (Wildman–Crippen LogP) is 2.57. The molecule has 2 N–H and O–H groups in total. The molecule has 1 aromatic heterocycles. The summed E-state index contributed by atoms with van der Waals surface area (Å²) in [6.45, 7) is 2.92. The van der Waals surface area contributed by atoms with Crippen LogP contribution in [0.2, 0.25) is 5.02 Å². The number of nitrogens with one attached hydrogen (secondary N) is 1. The molecule has 170 valence electrons. The second-order valence-electron chi connectivity index (χ2n) is 8.52. The number of fused-ring (bicyclic) bond motifs is 2. The van der Waals surface area contributed by atoms with Crippen molar-refractivity contribution in [3.8, 4) is 22.6 Å². The molecule has 2 aromatic carbocycles. The highest BCUT2D eigenvalue weighted by Crippen LogP contribution is 2.47. The molecule has 4 heterocycles. The van der Waals surface area contributed by atoms with Crippen molar-refractivity contribution in [3.63, 3.8) is 0 Å². The van der Waals surface area contributed by atoms with Gasteiger partial charge in [-0.2, -0.15) is 0 Å². The van der Waals surface area contributed by atoms with Gasteiger partial charge in [-0.15, -0.1) is 0 Å². The summed E-state index contributed by atoms with van der Waals surface area (Å²) in [7, 11) is 0. The van der Waals surface area contributed by atoms with Crippen molar-refractivity contribution in [3.05, 3.63) is 41.4 Å². The van der Waals surface area contributed by atoms with E-state index in [0.29, 0.717) is 60.7 Å². The van der Waals surface area contributed by atoms with Gasteiger partial charge in [0.25, 0.3) is 0 Å². The Morgan fingerprint density at radius 1 is 1.30 bits per heavy atom. The Morgan fingerprint density at radius 3 is 2.94 bits per heavy atom. The number of phenolic OH excluding ortho intramolecular Hbond substituents is 1. The maximum Gasteiger partial charge on any atom is 0.241 e. The van der Waals surface area contributed by atoms with Gasteiger partial charge < -0.3 is 25.0 Å². The van der Waals surface area contributed by atoms with Crippen molar-refractivity contribution in [2.45, 2.75) is 18.5 Å². The van der Waals surface area contributed by atoms with Crippen LogP contribution in [0.4, 0.5) is 10.2 Å². The molecular formula is C23H21ClFN5O3. The molecule has 3 aromatic rings. The highest BCUT2D eigenvalue weighted by atomic mass is 35.5. The number of ether oxygens (including phenoxy) is 1. The van der Waals surface area contributed by atoms with E-state index >= 15 is 0 Å². The number of piperazine rings is 1. The number of carbonyl (C=O) groups is 1. The van der Waals surface area contributed by atoms with Crippen molar-refractivity contribution < 1.29 is 19.0 Å². The van der Waals surface area contributed by atoms with Crippen molar-refractivity contribution in [1.29, 1.82) is 0 Å². The lowest BCUT2D eigenvalue weighted by atomic mass is 9.99. The first kappa shape index (κ1) is 20.4. The number of nitrogens with zero attached hydrogens (tertiary/aromatic N) is 4. The number of amides is 1. The van der Waals surface area contributed by atoms with Crippen LogP contribution in [0.15, 0.2) is 30.6 Å². The van der Waals surface area contributed by atoms with E-state index in [-0.39, 0.29) is 34.3 Å². The summed E-state index contributed by atoms with van der Waals surface area (Å²) in [5, 5.41) is 14.3. The summed E-state index contributed by atoms with van der Waals surface area (Å²) in [6.07, 6.45) is 2.13. The second-order valence-corrected chi connectivity index (χ2v) is 8.90. The number of hydrogen-bond donors (Lipinski definition) is 2. The first-order chi connectivity index (χ1) is 16.0. The van der Waals surface area contributed by atoms with Gasteiger partial charge in [0.1, 0.15) is 23.7 Å². The van der Waals surface area contributed by atoms with E-state index in [9.17, 15) is 14.3 Å². The van der Waals surface area contributed by atoms with Gasteiger partial charge in [-0.1, -0.05) is 17.7 Å². The first-order valence-corrected chi connectivity index (χ1v) is 11.3. The van der Waals surface area contributed by atoms with Crippen molar-refractivity contribution in [2.24, 2.45) is 0 Å². The molecule has 33 heavy (non-hydrogen) atoms. The Labute approximate surface area is 193 Å². The number of phenols is 1. The number of rotatable bonds is 2. The first-order valence-electron chi connectivity index (χ1n) is 10.9. The fourth-order valence-electron chi connectivity index (χ4n) is 4.80. The van der Waals surface area contributed by atoms with E-state index < -0.39 is 5.82 Å².